The van der Waals surface area contributed by atoms with Crippen molar-refractivity contribution in [3.05, 3.63) is 83.4 Å². The van der Waals surface area contributed by atoms with Gasteiger partial charge < -0.3 is 14.4 Å². The van der Waals surface area contributed by atoms with E-state index in [1.165, 1.54) is 0 Å². The SMILES string of the molecule is N#CCOc1cccc([C@H]2CCC(=O)N2c2ccc(Oc3ccc(Cl)cc3)cc2)c1. The lowest BCUT2D eigenvalue weighted by molar-refractivity contribution is -0.117. The van der Waals surface area contributed by atoms with E-state index in [1.807, 2.05) is 59.5 Å². The van der Waals surface area contributed by atoms with Crippen molar-refractivity contribution in [1.82, 2.24) is 0 Å². The minimum absolute atomic E-state index is 0.00809. The van der Waals surface area contributed by atoms with Gasteiger partial charge in [-0.25, -0.2) is 0 Å². The molecule has 1 amide bonds. The van der Waals surface area contributed by atoms with Crippen LogP contribution in [0.25, 0.3) is 0 Å². The number of nitriles is 1. The quantitative estimate of drug-likeness (QED) is 0.499. The highest BCUT2D eigenvalue weighted by Crippen LogP contribution is 2.38. The standard InChI is InChI=1S/C24H19ClN2O3/c25-18-4-8-20(9-5-18)30-21-10-6-19(7-11-21)27-23(12-13-24(27)28)17-2-1-3-22(16-17)29-15-14-26/h1-11,16,23H,12-13,15H2/t23-/m1/s1. The van der Waals surface area contributed by atoms with E-state index in [0.717, 1.165) is 17.7 Å². The second-order valence-corrected chi connectivity index (χ2v) is 7.32. The Balaban J connectivity index is 1.53. The van der Waals surface area contributed by atoms with Crippen LogP contribution in [0.3, 0.4) is 0 Å². The summed E-state index contributed by atoms with van der Waals surface area (Å²) in [4.78, 5) is 14.4. The molecular formula is C24H19ClN2O3. The zero-order valence-corrected chi connectivity index (χ0v) is 16.9. The van der Waals surface area contributed by atoms with Crippen molar-refractivity contribution in [3.63, 3.8) is 0 Å². The van der Waals surface area contributed by atoms with E-state index in [2.05, 4.69) is 0 Å². The molecule has 1 saturated heterocycles. The summed E-state index contributed by atoms with van der Waals surface area (Å²) >= 11 is 5.91. The summed E-state index contributed by atoms with van der Waals surface area (Å²) in [6.45, 7) is -0.00809. The summed E-state index contributed by atoms with van der Waals surface area (Å²) in [5.74, 6) is 2.07. The summed E-state index contributed by atoms with van der Waals surface area (Å²) in [6, 6.07) is 24.1. The normalized spacial score (nSPS) is 15.7. The molecule has 0 aromatic heterocycles. The molecule has 3 aromatic carbocycles. The highest BCUT2D eigenvalue weighted by molar-refractivity contribution is 6.30. The zero-order valence-electron chi connectivity index (χ0n) is 16.1. The average Bonchev–Trinajstić information content (AvgIpc) is 3.16. The Morgan fingerprint density at radius 1 is 1.00 bits per heavy atom. The van der Waals surface area contributed by atoms with Gasteiger partial charge in [-0.05, 0) is 72.6 Å². The van der Waals surface area contributed by atoms with Crippen LogP contribution >= 0.6 is 11.6 Å². The highest BCUT2D eigenvalue weighted by Gasteiger charge is 2.33. The average molecular weight is 419 g/mol. The van der Waals surface area contributed by atoms with E-state index in [9.17, 15) is 4.79 Å². The number of halogens is 1. The molecule has 0 bridgehead atoms. The van der Waals surface area contributed by atoms with Crippen LogP contribution in [-0.2, 0) is 4.79 Å². The molecule has 1 aliphatic rings. The van der Waals surface area contributed by atoms with Gasteiger partial charge in [0.25, 0.3) is 0 Å². The first-order chi connectivity index (χ1) is 14.6. The molecule has 0 saturated carbocycles. The molecule has 150 valence electrons. The summed E-state index contributed by atoms with van der Waals surface area (Å²) in [5.41, 5.74) is 1.80. The molecule has 0 N–H and O–H groups in total. The molecule has 6 heteroatoms. The minimum Gasteiger partial charge on any atom is -0.479 e. The number of benzene rings is 3. The van der Waals surface area contributed by atoms with E-state index in [0.29, 0.717) is 28.7 Å². The zero-order chi connectivity index (χ0) is 20.9. The first-order valence-corrected chi connectivity index (χ1v) is 9.97. The van der Waals surface area contributed by atoms with Crippen LogP contribution in [0, 0.1) is 11.3 Å². The van der Waals surface area contributed by atoms with Gasteiger partial charge in [0, 0.05) is 17.1 Å². The van der Waals surface area contributed by atoms with Gasteiger partial charge >= 0.3 is 0 Å². The Labute approximate surface area is 180 Å². The number of carbonyl (C=O) groups is 1. The maximum absolute atomic E-state index is 12.6. The number of rotatable bonds is 6. The third-order valence-corrected chi connectivity index (χ3v) is 5.17. The Bertz CT molecular complexity index is 1070. The van der Waals surface area contributed by atoms with Crippen LogP contribution in [0.1, 0.15) is 24.4 Å². The Morgan fingerprint density at radius 3 is 2.40 bits per heavy atom. The Kier molecular flexibility index (Phi) is 5.87. The Morgan fingerprint density at radius 2 is 1.70 bits per heavy atom. The van der Waals surface area contributed by atoms with Gasteiger partial charge in [0.05, 0.1) is 6.04 Å². The fourth-order valence-corrected chi connectivity index (χ4v) is 3.69. The van der Waals surface area contributed by atoms with E-state index in [4.69, 9.17) is 26.3 Å². The van der Waals surface area contributed by atoms with Crippen LogP contribution in [0.5, 0.6) is 17.2 Å². The number of carbonyl (C=O) groups excluding carboxylic acids is 1. The van der Waals surface area contributed by atoms with Gasteiger partial charge in [0.1, 0.15) is 23.3 Å². The van der Waals surface area contributed by atoms with Gasteiger partial charge in [-0.3, -0.25) is 4.79 Å². The molecule has 1 fully saturated rings. The number of hydrogen-bond acceptors (Lipinski definition) is 4. The molecule has 0 radical (unpaired) electrons. The molecule has 5 nitrogen and oxygen atoms in total. The van der Waals surface area contributed by atoms with E-state index < -0.39 is 0 Å². The molecular weight excluding hydrogens is 400 g/mol. The molecule has 0 spiro atoms. The smallest absolute Gasteiger partial charge is 0.227 e. The molecule has 30 heavy (non-hydrogen) atoms. The molecule has 1 heterocycles. The number of hydrogen-bond donors (Lipinski definition) is 0. The van der Waals surface area contributed by atoms with E-state index in [1.54, 1.807) is 24.3 Å². The van der Waals surface area contributed by atoms with Crippen LogP contribution < -0.4 is 14.4 Å². The van der Waals surface area contributed by atoms with Gasteiger partial charge in [-0.1, -0.05) is 23.7 Å². The third-order valence-electron chi connectivity index (χ3n) is 4.92. The number of anilines is 1. The Hall–Kier alpha value is -3.49. The molecule has 4 rings (SSSR count). The van der Waals surface area contributed by atoms with Crippen molar-refractivity contribution < 1.29 is 14.3 Å². The number of amides is 1. The predicted molar refractivity (Wildman–Crippen MR) is 115 cm³/mol. The van der Waals surface area contributed by atoms with Gasteiger partial charge in [-0.2, -0.15) is 5.26 Å². The fraction of sp³-hybridized carbons (Fsp3) is 0.167. The maximum Gasteiger partial charge on any atom is 0.227 e. The van der Waals surface area contributed by atoms with Crippen LogP contribution in [0.15, 0.2) is 72.8 Å². The topological polar surface area (TPSA) is 62.6 Å². The molecule has 0 aliphatic carbocycles. The second kappa shape index (κ2) is 8.89. The predicted octanol–water partition coefficient (Wildman–Crippen LogP) is 5.90. The highest BCUT2D eigenvalue weighted by atomic mass is 35.5. The fourth-order valence-electron chi connectivity index (χ4n) is 3.56. The molecule has 1 atom stereocenters. The van der Waals surface area contributed by atoms with Crippen molar-refractivity contribution in [2.45, 2.75) is 18.9 Å². The lowest BCUT2D eigenvalue weighted by Gasteiger charge is -2.26. The summed E-state index contributed by atoms with van der Waals surface area (Å²) < 4.78 is 11.3. The lowest BCUT2D eigenvalue weighted by Crippen LogP contribution is -2.27. The van der Waals surface area contributed by atoms with Crippen molar-refractivity contribution in [3.8, 4) is 23.3 Å². The van der Waals surface area contributed by atoms with Crippen LogP contribution in [0.4, 0.5) is 5.69 Å². The summed E-state index contributed by atoms with van der Waals surface area (Å²) in [5, 5.41) is 9.37. The van der Waals surface area contributed by atoms with E-state index in [-0.39, 0.29) is 18.6 Å². The van der Waals surface area contributed by atoms with Crippen molar-refractivity contribution >= 4 is 23.2 Å². The van der Waals surface area contributed by atoms with Crippen LogP contribution in [-0.4, -0.2) is 12.5 Å². The van der Waals surface area contributed by atoms with Crippen molar-refractivity contribution in [2.75, 3.05) is 11.5 Å². The summed E-state index contributed by atoms with van der Waals surface area (Å²) in [7, 11) is 0. The van der Waals surface area contributed by atoms with Gasteiger partial charge in [0.15, 0.2) is 6.61 Å². The lowest BCUT2D eigenvalue weighted by atomic mass is 10.0. The van der Waals surface area contributed by atoms with Crippen LogP contribution in [0.2, 0.25) is 5.02 Å². The third kappa shape index (κ3) is 4.40. The molecule has 3 aromatic rings. The van der Waals surface area contributed by atoms with E-state index >= 15 is 0 Å². The first kappa shape index (κ1) is 19.8. The number of nitrogens with zero attached hydrogens (tertiary/aromatic N) is 2. The van der Waals surface area contributed by atoms with Gasteiger partial charge in [0.2, 0.25) is 5.91 Å². The van der Waals surface area contributed by atoms with Crippen molar-refractivity contribution in [1.29, 1.82) is 5.26 Å². The molecule has 0 unspecified atom stereocenters. The van der Waals surface area contributed by atoms with Gasteiger partial charge in [-0.15, -0.1) is 0 Å². The van der Waals surface area contributed by atoms with Crippen molar-refractivity contribution in [2.24, 2.45) is 0 Å². The monoisotopic (exact) mass is 418 g/mol. The maximum atomic E-state index is 12.6. The minimum atomic E-state index is -0.0776. The second-order valence-electron chi connectivity index (χ2n) is 6.89. The molecule has 1 aliphatic heterocycles. The first-order valence-electron chi connectivity index (χ1n) is 9.59. The number of ether oxygens (including phenoxy) is 2. The largest absolute Gasteiger partial charge is 0.479 e. The summed E-state index contributed by atoms with van der Waals surface area (Å²) in [6.07, 6.45) is 1.21.